The first-order valence-electron chi connectivity index (χ1n) is 20.8. The summed E-state index contributed by atoms with van der Waals surface area (Å²) in [5.74, 6) is -1.18. The predicted molar refractivity (Wildman–Crippen MR) is 232 cm³/mol. The Morgan fingerprint density at radius 3 is 2.49 bits per heavy atom. The Balaban J connectivity index is 1.05. The van der Waals surface area contributed by atoms with Crippen LogP contribution in [0.3, 0.4) is 0 Å². The Kier molecular flexibility index (Phi) is 11.1. The molecule has 0 radical (unpaired) electrons. The lowest BCUT2D eigenvalue weighted by Gasteiger charge is -2.45. The third kappa shape index (κ3) is 8.63. The second-order valence-electron chi connectivity index (χ2n) is 18.5. The summed E-state index contributed by atoms with van der Waals surface area (Å²) >= 11 is 1.67. The second kappa shape index (κ2) is 16.0. The maximum Gasteiger partial charge on any atom is 0.355 e. The van der Waals surface area contributed by atoms with E-state index < -0.39 is 11.9 Å². The van der Waals surface area contributed by atoms with Gasteiger partial charge in [-0.15, -0.1) is 11.8 Å². The number of carboxylic acid groups (broad SMARTS) is 2. The summed E-state index contributed by atoms with van der Waals surface area (Å²) in [5.41, 5.74) is 12.7. The molecule has 3 aliphatic rings. The van der Waals surface area contributed by atoms with Gasteiger partial charge in [-0.25, -0.2) is 9.78 Å². The SMILES string of the molecule is Cc1c(-c2ccc(-c3cnc4cccc(CSc5ccccc5N)c4c3)nc2C(=O)O)cnn1CC12CCC(OCCN(C)CCC(=O)O)(CC3(C)CCC(C)(C3)C1)C2. The first-order chi connectivity index (χ1) is 28.2. The third-order valence-electron chi connectivity index (χ3n) is 13.5. The molecule has 2 aromatic carbocycles. The molecule has 4 unspecified atom stereocenters. The van der Waals surface area contributed by atoms with Crippen molar-refractivity contribution in [3.63, 3.8) is 0 Å². The molecule has 4 atom stereocenters. The topological polar surface area (TPSA) is 157 Å². The first kappa shape index (κ1) is 41.0. The van der Waals surface area contributed by atoms with Crippen LogP contribution in [0.15, 0.2) is 78.0 Å². The number of fused-ring (bicyclic) bond motifs is 5. The van der Waals surface area contributed by atoms with Crippen LogP contribution < -0.4 is 5.73 Å². The molecule has 3 aliphatic carbocycles. The molecule has 3 aromatic heterocycles. The van der Waals surface area contributed by atoms with Gasteiger partial charge in [0.15, 0.2) is 5.69 Å². The Hall–Kier alpha value is -4.78. The molecule has 3 heterocycles. The van der Waals surface area contributed by atoms with E-state index in [4.69, 9.17) is 30.6 Å². The van der Waals surface area contributed by atoms with Gasteiger partial charge >= 0.3 is 11.9 Å². The van der Waals surface area contributed by atoms with Crippen molar-refractivity contribution < 1.29 is 24.5 Å². The lowest BCUT2D eigenvalue weighted by Crippen LogP contribution is -2.42. The average molecular weight is 817 g/mol. The van der Waals surface area contributed by atoms with E-state index in [0.717, 1.165) is 82.5 Å². The van der Waals surface area contributed by atoms with Gasteiger partial charge < -0.3 is 25.6 Å². The number of benzene rings is 2. The zero-order chi connectivity index (χ0) is 41.6. The van der Waals surface area contributed by atoms with E-state index in [-0.39, 0.29) is 34.0 Å². The number of hydrogen-bond donors (Lipinski definition) is 3. The lowest BCUT2D eigenvalue weighted by atomic mass is 9.64. The van der Waals surface area contributed by atoms with Crippen LogP contribution in [-0.4, -0.2) is 79.1 Å². The molecule has 8 rings (SSSR count). The number of aromatic carboxylic acids is 1. The smallest absolute Gasteiger partial charge is 0.355 e. The van der Waals surface area contributed by atoms with Crippen molar-refractivity contribution in [1.82, 2.24) is 24.6 Å². The minimum atomic E-state index is -1.09. The summed E-state index contributed by atoms with van der Waals surface area (Å²) in [6, 6.07) is 19.7. The minimum absolute atomic E-state index is 0.0166. The van der Waals surface area contributed by atoms with Gasteiger partial charge in [-0.2, -0.15) is 5.10 Å². The summed E-state index contributed by atoms with van der Waals surface area (Å²) in [5, 5.41) is 25.6. The van der Waals surface area contributed by atoms with Crippen molar-refractivity contribution in [3.8, 4) is 22.4 Å². The fourth-order valence-corrected chi connectivity index (χ4v) is 12.0. The number of thioether (sulfide) groups is 1. The summed E-state index contributed by atoms with van der Waals surface area (Å²) in [4.78, 5) is 36.6. The molecule has 0 amide bonds. The fourth-order valence-electron chi connectivity index (χ4n) is 11.1. The van der Waals surface area contributed by atoms with Crippen LogP contribution in [0.5, 0.6) is 0 Å². The summed E-state index contributed by atoms with van der Waals surface area (Å²) < 4.78 is 9.04. The number of ether oxygens (including phenoxy) is 1. The Morgan fingerprint density at radius 1 is 0.915 bits per heavy atom. The van der Waals surface area contributed by atoms with Crippen molar-refractivity contribution in [2.24, 2.45) is 16.2 Å². The molecular formula is C47H56N6O5S. The van der Waals surface area contributed by atoms with E-state index in [1.165, 1.54) is 19.3 Å². The number of nitrogens with zero attached hydrogens (tertiary/aromatic N) is 5. The molecule has 4 bridgehead atoms. The number of rotatable bonds is 15. The number of para-hydroxylation sites is 1. The zero-order valence-electron chi connectivity index (χ0n) is 34.7. The van der Waals surface area contributed by atoms with Gasteiger partial charge in [-0.1, -0.05) is 38.1 Å². The Morgan fingerprint density at radius 2 is 1.71 bits per heavy atom. The first-order valence-corrected chi connectivity index (χ1v) is 21.8. The summed E-state index contributed by atoms with van der Waals surface area (Å²) in [7, 11) is 1.96. The van der Waals surface area contributed by atoms with Crippen molar-refractivity contribution in [1.29, 1.82) is 0 Å². The van der Waals surface area contributed by atoms with E-state index >= 15 is 0 Å². The number of carboxylic acids is 2. The van der Waals surface area contributed by atoms with Gasteiger partial charge in [0, 0.05) is 69.9 Å². The van der Waals surface area contributed by atoms with Crippen LogP contribution in [-0.2, 0) is 21.8 Å². The van der Waals surface area contributed by atoms with Crippen LogP contribution in [0.1, 0.15) is 93.4 Å². The van der Waals surface area contributed by atoms with Crippen LogP contribution >= 0.6 is 11.8 Å². The predicted octanol–water partition coefficient (Wildman–Crippen LogP) is 9.36. The number of pyridine rings is 2. The van der Waals surface area contributed by atoms with Crippen molar-refractivity contribution in [2.45, 2.75) is 101 Å². The van der Waals surface area contributed by atoms with Gasteiger partial charge in [-0.05, 0) is 124 Å². The largest absolute Gasteiger partial charge is 0.481 e. The average Bonchev–Trinajstić information content (AvgIpc) is 3.84. The molecule has 0 aliphatic heterocycles. The highest BCUT2D eigenvalue weighted by molar-refractivity contribution is 7.98. The normalized spacial score (nSPS) is 25.0. The molecule has 310 valence electrons. The molecule has 5 aromatic rings. The van der Waals surface area contributed by atoms with Gasteiger partial charge in [0.25, 0.3) is 0 Å². The Labute approximate surface area is 350 Å². The van der Waals surface area contributed by atoms with Crippen LogP contribution in [0.4, 0.5) is 5.69 Å². The van der Waals surface area contributed by atoms with Crippen molar-refractivity contribution in [3.05, 3.63) is 90.0 Å². The van der Waals surface area contributed by atoms with Gasteiger partial charge in [0.1, 0.15) is 0 Å². The Bertz CT molecular complexity index is 2400. The van der Waals surface area contributed by atoms with Crippen LogP contribution in [0, 0.1) is 23.2 Å². The van der Waals surface area contributed by atoms with Gasteiger partial charge in [-0.3, -0.25) is 14.5 Å². The fraction of sp³-hybridized carbons (Fsp3) is 0.468. The maximum absolute atomic E-state index is 12.9. The highest BCUT2D eigenvalue weighted by atomic mass is 32.2. The number of likely N-dealkylation sites (N-methyl/N-ethyl adjacent to an activating group) is 1. The molecule has 11 nitrogen and oxygen atoms in total. The van der Waals surface area contributed by atoms with Crippen molar-refractivity contribution >= 4 is 40.3 Å². The molecular weight excluding hydrogens is 761 g/mol. The minimum Gasteiger partial charge on any atom is -0.481 e. The number of nitrogen functional groups attached to an aromatic ring is 1. The van der Waals surface area contributed by atoms with E-state index in [2.05, 4.69) is 24.6 Å². The number of aromatic nitrogens is 4. The maximum atomic E-state index is 12.9. The van der Waals surface area contributed by atoms with Crippen molar-refractivity contribution in [2.75, 3.05) is 32.5 Å². The van der Waals surface area contributed by atoms with E-state index in [9.17, 15) is 14.7 Å². The number of hydrogen-bond acceptors (Lipinski definition) is 9. The second-order valence-corrected chi connectivity index (χ2v) is 19.6. The summed E-state index contributed by atoms with van der Waals surface area (Å²) in [6.45, 7) is 9.47. The number of carbonyl (C=O) groups is 2. The highest BCUT2D eigenvalue weighted by Crippen LogP contribution is 2.66. The quantitative estimate of drug-likeness (QED) is 0.0683. The zero-order valence-corrected chi connectivity index (χ0v) is 35.5. The van der Waals surface area contributed by atoms with E-state index in [1.807, 2.05) is 73.5 Å². The molecule has 4 N–H and O–H groups in total. The van der Waals surface area contributed by atoms with E-state index in [1.54, 1.807) is 24.2 Å². The number of anilines is 1. The molecule has 0 saturated heterocycles. The summed E-state index contributed by atoms with van der Waals surface area (Å²) in [6.07, 6.45) is 12.4. The standard InChI is InChI=1S/C47H56N6O5S/c1-31-36(24-50-53(31)30-46-17-18-47(29-46,58-21-20-52(4)19-14-41(54)55)28-45(3)16-15-44(2,26-45)27-46)34-12-13-38(51-42(34)43(56)57)33-22-35-32(8-7-10-39(35)49-23-33)25-59-40-11-6-5-9-37(40)48/h5-13,22-24H,14-21,25-30,48H2,1-4H3,(H,54,55)(H,56,57). The highest BCUT2D eigenvalue weighted by Gasteiger charge is 2.59. The molecule has 12 heteroatoms. The lowest BCUT2D eigenvalue weighted by molar-refractivity contribution is -0.137. The third-order valence-corrected chi connectivity index (χ3v) is 14.7. The number of aliphatic carboxylic acids is 1. The van der Waals surface area contributed by atoms with Gasteiger partial charge in [0.2, 0.25) is 0 Å². The monoisotopic (exact) mass is 816 g/mol. The van der Waals surface area contributed by atoms with E-state index in [0.29, 0.717) is 36.7 Å². The molecule has 59 heavy (non-hydrogen) atoms. The number of nitrogens with two attached hydrogens (primary N) is 1. The van der Waals surface area contributed by atoms with Gasteiger partial charge in [0.05, 0.1) is 36.0 Å². The van der Waals surface area contributed by atoms with Crippen LogP contribution in [0.2, 0.25) is 0 Å². The molecule has 3 saturated carbocycles. The van der Waals surface area contributed by atoms with Crippen LogP contribution in [0.25, 0.3) is 33.3 Å². The molecule has 0 spiro atoms. The molecule has 3 fully saturated rings.